The average Bonchev–Trinajstić information content (AvgIpc) is 2.97. The molecule has 1 N–H and O–H groups in total. The standard InChI is InChI=1S/C17H34N2Si.C3H8/c1-18-20(2,3)17-13-16(19-11-7-4-8-12-19)14-9-5-6-10-15(14)17;1-3-2/h14-18H,4-13H2,1-3H3;3H2,1-2H3. The summed E-state index contributed by atoms with van der Waals surface area (Å²) in [5.74, 6) is 2.08. The summed E-state index contributed by atoms with van der Waals surface area (Å²) >= 11 is 0. The molecule has 0 radical (unpaired) electrons. The predicted octanol–water partition coefficient (Wildman–Crippen LogP) is 5.26. The molecule has 1 saturated heterocycles. The van der Waals surface area contributed by atoms with Gasteiger partial charge in [0.1, 0.15) is 8.24 Å². The van der Waals surface area contributed by atoms with Crippen molar-refractivity contribution in [3.63, 3.8) is 0 Å². The van der Waals surface area contributed by atoms with Crippen LogP contribution in [-0.2, 0) is 0 Å². The van der Waals surface area contributed by atoms with Crippen molar-refractivity contribution >= 4 is 8.24 Å². The summed E-state index contributed by atoms with van der Waals surface area (Å²) in [5.41, 5.74) is 1.02. The number of fused-ring (bicyclic) bond motifs is 1. The van der Waals surface area contributed by atoms with Crippen molar-refractivity contribution in [2.24, 2.45) is 11.8 Å². The highest BCUT2D eigenvalue weighted by Crippen LogP contribution is 2.54. The van der Waals surface area contributed by atoms with Crippen molar-refractivity contribution in [3.8, 4) is 0 Å². The highest BCUT2D eigenvalue weighted by Gasteiger charge is 2.51. The number of piperidine rings is 1. The molecule has 0 aromatic rings. The molecule has 4 unspecified atom stereocenters. The molecular weight excluding hydrogens is 296 g/mol. The van der Waals surface area contributed by atoms with Gasteiger partial charge in [-0.1, -0.05) is 59.0 Å². The molecule has 0 aromatic heterocycles. The van der Waals surface area contributed by atoms with Gasteiger partial charge >= 0.3 is 0 Å². The fourth-order valence-electron chi connectivity index (χ4n) is 5.46. The van der Waals surface area contributed by atoms with Crippen molar-refractivity contribution < 1.29 is 0 Å². The third-order valence-corrected chi connectivity index (χ3v) is 10.6. The van der Waals surface area contributed by atoms with Crippen LogP contribution in [0.15, 0.2) is 0 Å². The van der Waals surface area contributed by atoms with E-state index < -0.39 is 8.24 Å². The Hall–Kier alpha value is 0.137. The molecule has 2 aliphatic carbocycles. The molecule has 4 atom stereocenters. The zero-order valence-corrected chi connectivity index (χ0v) is 17.5. The zero-order chi connectivity index (χ0) is 16.9. The summed E-state index contributed by atoms with van der Waals surface area (Å²) in [7, 11) is 0.986. The predicted molar refractivity (Wildman–Crippen MR) is 106 cm³/mol. The van der Waals surface area contributed by atoms with Crippen LogP contribution in [0.3, 0.4) is 0 Å². The SMILES string of the molecule is CCC.CN[Si](C)(C)C1CC(N2CCCCC2)C2CCCCC21. The van der Waals surface area contributed by atoms with Gasteiger partial charge in [0.15, 0.2) is 0 Å². The lowest BCUT2D eigenvalue weighted by Crippen LogP contribution is -2.48. The van der Waals surface area contributed by atoms with Gasteiger partial charge in [-0.15, -0.1) is 0 Å². The summed E-state index contributed by atoms with van der Waals surface area (Å²) in [6, 6.07) is 0.936. The molecule has 2 nitrogen and oxygen atoms in total. The van der Waals surface area contributed by atoms with Crippen LogP contribution in [0, 0.1) is 11.8 Å². The minimum Gasteiger partial charge on any atom is -0.340 e. The minimum atomic E-state index is -1.23. The molecule has 1 aliphatic heterocycles. The smallest absolute Gasteiger partial charge is 0.122 e. The Kier molecular flexibility index (Phi) is 7.62. The van der Waals surface area contributed by atoms with E-state index in [1.54, 1.807) is 0 Å². The van der Waals surface area contributed by atoms with Gasteiger partial charge in [0, 0.05) is 6.04 Å². The van der Waals surface area contributed by atoms with Crippen LogP contribution in [-0.4, -0.2) is 39.3 Å². The van der Waals surface area contributed by atoms with Gasteiger partial charge in [-0.3, -0.25) is 0 Å². The molecular formula is C20H42N2Si. The van der Waals surface area contributed by atoms with Gasteiger partial charge in [0.05, 0.1) is 0 Å². The Bertz CT molecular complexity index is 339. The number of rotatable bonds is 3. The lowest BCUT2D eigenvalue weighted by molar-refractivity contribution is 0.105. The van der Waals surface area contributed by atoms with Gasteiger partial charge in [0.25, 0.3) is 0 Å². The van der Waals surface area contributed by atoms with Gasteiger partial charge < -0.3 is 9.88 Å². The van der Waals surface area contributed by atoms with Crippen molar-refractivity contribution in [2.75, 3.05) is 20.1 Å². The fourth-order valence-corrected chi connectivity index (χ4v) is 8.15. The number of likely N-dealkylation sites (tertiary alicyclic amines) is 1. The number of nitrogens with zero attached hydrogens (tertiary/aromatic N) is 1. The van der Waals surface area contributed by atoms with E-state index >= 15 is 0 Å². The second-order valence-corrected chi connectivity index (χ2v) is 13.5. The molecule has 3 heteroatoms. The summed E-state index contributed by atoms with van der Waals surface area (Å²) in [6.45, 7) is 12.2. The molecule has 3 rings (SSSR count). The van der Waals surface area contributed by atoms with Gasteiger partial charge in [-0.05, 0) is 63.2 Å². The molecule has 136 valence electrons. The summed E-state index contributed by atoms with van der Waals surface area (Å²) in [4.78, 5) is 6.66. The first kappa shape index (κ1) is 19.5. The summed E-state index contributed by atoms with van der Waals surface area (Å²) in [6.07, 6.45) is 13.2. The zero-order valence-electron chi connectivity index (χ0n) is 16.5. The van der Waals surface area contributed by atoms with E-state index in [0.29, 0.717) is 0 Å². The third kappa shape index (κ3) is 4.61. The molecule has 0 spiro atoms. The third-order valence-electron chi connectivity index (χ3n) is 6.81. The van der Waals surface area contributed by atoms with Crippen LogP contribution in [0.1, 0.15) is 71.6 Å². The Morgan fingerprint density at radius 1 is 0.913 bits per heavy atom. The van der Waals surface area contributed by atoms with Crippen molar-refractivity contribution in [2.45, 2.75) is 96.3 Å². The first-order valence-electron chi connectivity index (χ1n) is 10.5. The van der Waals surface area contributed by atoms with Crippen molar-refractivity contribution in [1.29, 1.82) is 0 Å². The number of nitrogens with one attached hydrogen (secondary N) is 1. The van der Waals surface area contributed by atoms with E-state index in [2.05, 4.69) is 43.9 Å². The van der Waals surface area contributed by atoms with Crippen LogP contribution in [0.2, 0.25) is 18.6 Å². The largest absolute Gasteiger partial charge is 0.340 e. The maximum atomic E-state index is 3.76. The first-order chi connectivity index (χ1) is 11.0. The van der Waals surface area contributed by atoms with Crippen molar-refractivity contribution in [3.05, 3.63) is 0 Å². The van der Waals surface area contributed by atoms with Crippen LogP contribution in [0.25, 0.3) is 0 Å². The Morgan fingerprint density at radius 2 is 1.48 bits per heavy atom. The summed E-state index contributed by atoms with van der Waals surface area (Å²) in [5, 5.41) is 0. The molecule has 0 aromatic carbocycles. The van der Waals surface area contributed by atoms with E-state index in [1.165, 1.54) is 70.9 Å². The fraction of sp³-hybridized carbons (Fsp3) is 1.00. The maximum Gasteiger partial charge on any atom is 0.122 e. The molecule has 1 heterocycles. The second kappa shape index (κ2) is 9.01. The molecule has 23 heavy (non-hydrogen) atoms. The van der Waals surface area contributed by atoms with Crippen LogP contribution < -0.4 is 4.98 Å². The van der Waals surface area contributed by atoms with Crippen LogP contribution >= 0.6 is 0 Å². The Balaban J connectivity index is 0.000000595. The molecule has 2 saturated carbocycles. The van der Waals surface area contributed by atoms with Crippen LogP contribution in [0.4, 0.5) is 0 Å². The van der Waals surface area contributed by atoms with E-state index in [1.807, 2.05) is 0 Å². The van der Waals surface area contributed by atoms with E-state index in [9.17, 15) is 0 Å². The quantitative estimate of drug-likeness (QED) is 0.706. The highest BCUT2D eigenvalue weighted by molar-refractivity contribution is 6.76. The van der Waals surface area contributed by atoms with Gasteiger partial charge in [0.2, 0.25) is 0 Å². The maximum absolute atomic E-state index is 3.76. The van der Waals surface area contributed by atoms with Gasteiger partial charge in [-0.25, -0.2) is 0 Å². The molecule has 3 aliphatic rings. The topological polar surface area (TPSA) is 15.3 Å². The highest BCUT2D eigenvalue weighted by atomic mass is 28.3. The lowest BCUT2D eigenvalue weighted by Gasteiger charge is -2.39. The van der Waals surface area contributed by atoms with Crippen molar-refractivity contribution in [1.82, 2.24) is 9.88 Å². The van der Waals surface area contributed by atoms with Gasteiger partial charge in [-0.2, -0.15) is 0 Å². The molecule has 0 amide bonds. The number of hydrogen-bond donors (Lipinski definition) is 1. The normalized spacial score (nSPS) is 35.3. The lowest BCUT2D eigenvalue weighted by atomic mass is 9.79. The Labute approximate surface area is 146 Å². The molecule has 0 bridgehead atoms. The minimum absolute atomic E-state index is 0.936. The first-order valence-corrected chi connectivity index (χ1v) is 13.6. The monoisotopic (exact) mass is 338 g/mol. The van der Waals surface area contributed by atoms with Crippen LogP contribution in [0.5, 0.6) is 0 Å². The average molecular weight is 339 g/mol. The Morgan fingerprint density at radius 3 is 2.04 bits per heavy atom. The van der Waals surface area contributed by atoms with E-state index in [4.69, 9.17) is 0 Å². The second-order valence-electron chi connectivity index (χ2n) is 8.80. The summed E-state index contributed by atoms with van der Waals surface area (Å²) < 4.78 is 0. The van der Waals surface area contributed by atoms with E-state index in [0.717, 1.165) is 23.4 Å². The van der Waals surface area contributed by atoms with E-state index in [-0.39, 0.29) is 0 Å². The number of hydrogen-bond acceptors (Lipinski definition) is 2. The molecule has 3 fully saturated rings.